The summed E-state index contributed by atoms with van der Waals surface area (Å²) < 4.78 is 5.74. The van der Waals surface area contributed by atoms with E-state index in [2.05, 4.69) is 15.5 Å². The van der Waals surface area contributed by atoms with Gasteiger partial charge in [-0.15, -0.1) is 0 Å². The first-order chi connectivity index (χ1) is 8.62. The summed E-state index contributed by atoms with van der Waals surface area (Å²) in [4.78, 5) is 12.0. The van der Waals surface area contributed by atoms with E-state index in [1.807, 2.05) is 13.0 Å². The average molecular weight is 249 g/mol. The molecule has 0 aromatic carbocycles. The van der Waals surface area contributed by atoms with E-state index < -0.39 is 5.60 Å². The predicted octanol–water partition coefficient (Wildman–Crippen LogP) is 2.46. The van der Waals surface area contributed by atoms with Gasteiger partial charge in [-0.25, -0.2) is 4.79 Å². The number of H-pyrrole nitrogens is 1. The third-order valence-corrected chi connectivity index (χ3v) is 4.09. The van der Waals surface area contributed by atoms with Gasteiger partial charge in [0.15, 0.2) is 5.60 Å². The van der Waals surface area contributed by atoms with Gasteiger partial charge in [-0.3, -0.25) is 5.10 Å². The average Bonchev–Trinajstić information content (AvgIpc) is 2.79. The number of rotatable bonds is 3. The Balaban J connectivity index is 1.72. The Hall–Kier alpha value is -1.52. The molecule has 98 valence electrons. The van der Waals surface area contributed by atoms with E-state index in [0.717, 1.165) is 44.2 Å². The van der Waals surface area contributed by atoms with Gasteiger partial charge in [-0.1, -0.05) is 0 Å². The minimum atomic E-state index is -0.494. The molecule has 0 aliphatic heterocycles. The number of ether oxygens (including phenoxy) is 1. The molecule has 5 heteroatoms. The molecule has 1 aromatic heterocycles. The smallest absolute Gasteiger partial charge is 0.408 e. The van der Waals surface area contributed by atoms with Crippen molar-refractivity contribution in [2.24, 2.45) is 0 Å². The van der Waals surface area contributed by atoms with Crippen LogP contribution in [-0.4, -0.2) is 21.8 Å². The molecule has 2 aliphatic carbocycles. The number of aromatic amines is 1. The zero-order chi connectivity index (χ0) is 12.6. The van der Waals surface area contributed by atoms with Gasteiger partial charge in [-0.05, 0) is 51.5 Å². The molecule has 0 saturated heterocycles. The summed E-state index contributed by atoms with van der Waals surface area (Å²) in [6.07, 6.45) is 7.41. The van der Waals surface area contributed by atoms with Crippen molar-refractivity contribution in [2.45, 2.75) is 56.6 Å². The summed E-state index contributed by atoms with van der Waals surface area (Å²) in [5.74, 6) is 0. The maximum Gasteiger partial charge on any atom is 0.408 e. The van der Waals surface area contributed by atoms with Crippen LogP contribution < -0.4 is 5.32 Å². The van der Waals surface area contributed by atoms with Crippen molar-refractivity contribution < 1.29 is 9.53 Å². The second kappa shape index (κ2) is 4.00. The second-order valence-corrected chi connectivity index (χ2v) is 5.75. The molecule has 0 radical (unpaired) electrons. The molecule has 2 saturated carbocycles. The van der Waals surface area contributed by atoms with E-state index in [1.165, 1.54) is 0 Å². The summed E-state index contributed by atoms with van der Waals surface area (Å²) >= 11 is 0. The molecule has 1 aromatic rings. The molecule has 0 atom stereocenters. The first-order valence-corrected chi connectivity index (χ1v) is 6.63. The van der Waals surface area contributed by atoms with E-state index in [1.54, 1.807) is 6.20 Å². The Bertz CT molecular complexity index is 431. The number of hydrogen-bond acceptors (Lipinski definition) is 3. The van der Waals surface area contributed by atoms with Gasteiger partial charge in [-0.2, -0.15) is 5.10 Å². The summed E-state index contributed by atoms with van der Waals surface area (Å²) in [6.45, 7) is 2.05. The maximum atomic E-state index is 12.0. The van der Waals surface area contributed by atoms with E-state index in [4.69, 9.17) is 4.74 Å². The van der Waals surface area contributed by atoms with Crippen molar-refractivity contribution in [1.82, 2.24) is 15.5 Å². The van der Waals surface area contributed by atoms with Gasteiger partial charge >= 0.3 is 6.09 Å². The van der Waals surface area contributed by atoms with E-state index in [0.29, 0.717) is 0 Å². The summed E-state index contributed by atoms with van der Waals surface area (Å²) in [6, 6.07) is 1.90. The maximum absolute atomic E-state index is 12.0. The Kier molecular flexibility index (Phi) is 2.57. The lowest BCUT2D eigenvalue weighted by molar-refractivity contribution is 0.00723. The first kappa shape index (κ1) is 11.6. The van der Waals surface area contributed by atoms with Crippen LogP contribution in [0.3, 0.4) is 0 Å². The quantitative estimate of drug-likeness (QED) is 0.864. The predicted molar refractivity (Wildman–Crippen MR) is 66.0 cm³/mol. The topological polar surface area (TPSA) is 67.0 Å². The number of amides is 1. The Morgan fingerprint density at radius 2 is 2.11 bits per heavy atom. The van der Waals surface area contributed by atoms with Crippen molar-refractivity contribution in [3.8, 4) is 0 Å². The number of nitrogens with zero attached hydrogens (tertiary/aromatic N) is 1. The van der Waals surface area contributed by atoms with Gasteiger partial charge in [0.2, 0.25) is 0 Å². The fourth-order valence-corrected chi connectivity index (χ4v) is 2.64. The fraction of sp³-hybridized carbons (Fsp3) is 0.692. The van der Waals surface area contributed by atoms with Gasteiger partial charge in [0.05, 0.1) is 5.69 Å². The van der Waals surface area contributed by atoms with Gasteiger partial charge in [0.25, 0.3) is 0 Å². The number of hydrogen-bond donors (Lipinski definition) is 2. The van der Waals surface area contributed by atoms with Crippen LogP contribution in [0.1, 0.15) is 51.1 Å². The van der Waals surface area contributed by atoms with Crippen LogP contribution in [0.25, 0.3) is 0 Å². The number of carbonyl (C=O) groups is 1. The lowest BCUT2D eigenvalue weighted by atomic mass is 9.98. The highest BCUT2D eigenvalue weighted by Crippen LogP contribution is 2.42. The zero-order valence-corrected chi connectivity index (χ0v) is 10.7. The van der Waals surface area contributed by atoms with Crippen LogP contribution in [-0.2, 0) is 10.3 Å². The van der Waals surface area contributed by atoms with Crippen LogP contribution in [0.5, 0.6) is 0 Å². The highest BCUT2D eigenvalue weighted by atomic mass is 16.6. The molecular formula is C13H19N3O2. The fourth-order valence-electron chi connectivity index (χ4n) is 2.64. The Morgan fingerprint density at radius 3 is 2.67 bits per heavy atom. The number of carbonyl (C=O) groups excluding carboxylic acids is 1. The molecule has 0 spiro atoms. The van der Waals surface area contributed by atoms with Crippen molar-refractivity contribution in [2.75, 3.05) is 0 Å². The van der Waals surface area contributed by atoms with E-state index in [-0.39, 0.29) is 11.6 Å². The number of aromatic nitrogens is 2. The van der Waals surface area contributed by atoms with Crippen LogP contribution in [0.4, 0.5) is 4.79 Å². The van der Waals surface area contributed by atoms with Gasteiger partial charge < -0.3 is 10.1 Å². The molecule has 1 heterocycles. The molecule has 1 amide bonds. The van der Waals surface area contributed by atoms with Gasteiger partial charge in [0.1, 0.15) is 0 Å². The van der Waals surface area contributed by atoms with E-state index >= 15 is 0 Å². The monoisotopic (exact) mass is 249 g/mol. The van der Waals surface area contributed by atoms with Crippen LogP contribution in [0.2, 0.25) is 0 Å². The highest BCUT2D eigenvalue weighted by molar-refractivity contribution is 5.69. The largest absolute Gasteiger partial charge is 0.436 e. The third kappa shape index (κ3) is 2.09. The first-order valence-electron chi connectivity index (χ1n) is 6.63. The standard InChI is InChI=1S/C13H19N3O2/c1-12(7-8-12)15-11(17)18-13(5-2-3-6-13)10-4-9-14-16-10/h4,9H,2-3,5-8H2,1H3,(H,14,16)(H,15,17). The summed E-state index contributed by atoms with van der Waals surface area (Å²) in [7, 11) is 0. The van der Waals surface area contributed by atoms with Crippen molar-refractivity contribution in [1.29, 1.82) is 0 Å². The highest BCUT2D eigenvalue weighted by Gasteiger charge is 2.44. The van der Waals surface area contributed by atoms with Crippen LogP contribution in [0.15, 0.2) is 12.3 Å². The molecule has 2 fully saturated rings. The molecular weight excluding hydrogens is 230 g/mol. The van der Waals surface area contributed by atoms with Crippen molar-refractivity contribution >= 4 is 6.09 Å². The lowest BCUT2D eigenvalue weighted by Crippen LogP contribution is -2.40. The number of alkyl carbamates (subject to hydrolysis) is 1. The minimum absolute atomic E-state index is 0.0368. The molecule has 18 heavy (non-hydrogen) atoms. The zero-order valence-electron chi connectivity index (χ0n) is 10.7. The summed E-state index contributed by atoms with van der Waals surface area (Å²) in [5.41, 5.74) is 0.382. The molecule has 2 aliphatic rings. The minimum Gasteiger partial charge on any atom is -0.436 e. The van der Waals surface area contributed by atoms with Crippen LogP contribution >= 0.6 is 0 Å². The molecule has 3 rings (SSSR count). The normalized spacial score (nSPS) is 23.6. The lowest BCUT2D eigenvalue weighted by Gasteiger charge is -2.28. The van der Waals surface area contributed by atoms with Gasteiger partial charge in [0, 0.05) is 11.7 Å². The second-order valence-electron chi connectivity index (χ2n) is 5.75. The molecule has 2 N–H and O–H groups in total. The van der Waals surface area contributed by atoms with Crippen molar-refractivity contribution in [3.63, 3.8) is 0 Å². The van der Waals surface area contributed by atoms with Crippen LogP contribution in [0, 0.1) is 0 Å². The number of nitrogens with one attached hydrogen (secondary N) is 2. The van der Waals surface area contributed by atoms with E-state index in [9.17, 15) is 4.79 Å². The SMILES string of the molecule is CC1(NC(=O)OC2(c3ccn[nH]3)CCCC2)CC1. The van der Waals surface area contributed by atoms with Crippen molar-refractivity contribution in [3.05, 3.63) is 18.0 Å². The Morgan fingerprint density at radius 1 is 1.39 bits per heavy atom. The molecule has 5 nitrogen and oxygen atoms in total. The molecule has 0 unspecified atom stereocenters. The summed E-state index contributed by atoms with van der Waals surface area (Å²) in [5, 5.41) is 9.87. The molecule has 0 bridgehead atoms. The third-order valence-electron chi connectivity index (χ3n) is 4.09. The Labute approximate surface area is 106 Å².